The highest BCUT2D eigenvalue weighted by atomic mass is 32.1. The van der Waals surface area contributed by atoms with Crippen molar-refractivity contribution in [2.75, 3.05) is 0 Å². The average Bonchev–Trinajstić information content (AvgIpc) is 2.17. The standard InChI is InChI=1S/C12H16N2S/c1-8(15)14-11-7-3-5-9-4-2-6-10(13)12(9)11/h2-8,10,12,14-15H,13H2,1H3. The number of hydrogen-bond acceptors (Lipinski definition) is 3. The molecule has 2 aliphatic rings. The molecule has 15 heavy (non-hydrogen) atoms. The molecule has 0 aromatic carbocycles. The number of hydrogen-bond donors (Lipinski definition) is 3. The third-order valence-electron chi connectivity index (χ3n) is 2.64. The minimum absolute atomic E-state index is 0.0563. The number of fused-ring (bicyclic) bond motifs is 1. The molecule has 0 radical (unpaired) electrons. The maximum Gasteiger partial charge on any atom is 0.0662 e. The van der Waals surface area contributed by atoms with Crippen LogP contribution in [0.25, 0.3) is 0 Å². The van der Waals surface area contributed by atoms with Crippen molar-refractivity contribution in [1.29, 1.82) is 0 Å². The second-order valence-electron chi connectivity index (χ2n) is 3.91. The lowest BCUT2D eigenvalue weighted by Crippen LogP contribution is -2.38. The fraction of sp³-hybridized carbons (Fsp3) is 0.333. The smallest absolute Gasteiger partial charge is 0.0662 e. The van der Waals surface area contributed by atoms with E-state index in [2.05, 4.69) is 36.2 Å². The number of allylic oxidation sites excluding steroid dienone is 5. The maximum absolute atomic E-state index is 6.09. The van der Waals surface area contributed by atoms with Crippen LogP contribution in [0.3, 0.4) is 0 Å². The van der Waals surface area contributed by atoms with Gasteiger partial charge in [0.05, 0.1) is 5.37 Å². The summed E-state index contributed by atoms with van der Waals surface area (Å²) in [6.45, 7) is 2.01. The lowest BCUT2D eigenvalue weighted by Gasteiger charge is -2.31. The van der Waals surface area contributed by atoms with Gasteiger partial charge in [-0.3, -0.25) is 0 Å². The first-order valence-electron chi connectivity index (χ1n) is 5.15. The summed E-state index contributed by atoms with van der Waals surface area (Å²) in [7, 11) is 0. The first kappa shape index (κ1) is 10.6. The molecule has 3 atom stereocenters. The minimum Gasteiger partial charge on any atom is -0.377 e. The molecule has 3 unspecified atom stereocenters. The van der Waals surface area contributed by atoms with Crippen molar-refractivity contribution in [2.24, 2.45) is 11.7 Å². The normalized spacial score (nSPS) is 30.3. The first-order chi connectivity index (χ1) is 7.18. The molecule has 0 heterocycles. The number of nitrogens with one attached hydrogen (secondary N) is 1. The molecule has 0 aromatic rings. The van der Waals surface area contributed by atoms with Crippen LogP contribution in [-0.2, 0) is 0 Å². The van der Waals surface area contributed by atoms with E-state index in [-0.39, 0.29) is 17.3 Å². The van der Waals surface area contributed by atoms with Gasteiger partial charge in [-0.05, 0) is 18.6 Å². The maximum atomic E-state index is 6.09. The molecule has 0 spiro atoms. The Morgan fingerprint density at radius 3 is 2.93 bits per heavy atom. The van der Waals surface area contributed by atoms with E-state index in [1.807, 2.05) is 25.2 Å². The Labute approximate surface area is 96.0 Å². The highest BCUT2D eigenvalue weighted by Crippen LogP contribution is 2.30. The van der Waals surface area contributed by atoms with Gasteiger partial charge < -0.3 is 11.1 Å². The van der Waals surface area contributed by atoms with Crippen LogP contribution in [0.4, 0.5) is 0 Å². The van der Waals surface area contributed by atoms with Crippen LogP contribution in [0.2, 0.25) is 0 Å². The van der Waals surface area contributed by atoms with E-state index in [1.54, 1.807) is 0 Å². The van der Waals surface area contributed by atoms with E-state index in [0.717, 1.165) is 5.70 Å². The summed E-state index contributed by atoms with van der Waals surface area (Å²) < 4.78 is 0. The Morgan fingerprint density at radius 2 is 2.20 bits per heavy atom. The van der Waals surface area contributed by atoms with E-state index in [0.29, 0.717) is 0 Å². The third-order valence-corrected chi connectivity index (χ3v) is 2.77. The minimum atomic E-state index is 0.0563. The highest BCUT2D eigenvalue weighted by Gasteiger charge is 2.26. The molecule has 3 N–H and O–H groups in total. The van der Waals surface area contributed by atoms with E-state index < -0.39 is 0 Å². The van der Waals surface area contributed by atoms with Crippen molar-refractivity contribution in [1.82, 2.24) is 5.32 Å². The summed E-state index contributed by atoms with van der Waals surface area (Å²) in [5, 5.41) is 3.47. The van der Waals surface area contributed by atoms with E-state index >= 15 is 0 Å². The van der Waals surface area contributed by atoms with Crippen molar-refractivity contribution in [3.8, 4) is 0 Å². The highest BCUT2D eigenvalue weighted by molar-refractivity contribution is 7.80. The molecular weight excluding hydrogens is 204 g/mol. The summed E-state index contributed by atoms with van der Waals surface area (Å²) in [4.78, 5) is 0. The van der Waals surface area contributed by atoms with Gasteiger partial charge in [-0.1, -0.05) is 30.4 Å². The molecule has 80 valence electrons. The monoisotopic (exact) mass is 220 g/mol. The fourth-order valence-electron chi connectivity index (χ4n) is 2.02. The predicted molar refractivity (Wildman–Crippen MR) is 67.5 cm³/mol. The number of thiol groups is 1. The van der Waals surface area contributed by atoms with Crippen molar-refractivity contribution < 1.29 is 0 Å². The molecule has 2 rings (SSSR count). The van der Waals surface area contributed by atoms with Gasteiger partial charge in [0.15, 0.2) is 0 Å². The van der Waals surface area contributed by atoms with Crippen LogP contribution >= 0.6 is 12.6 Å². The van der Waals surface area contributed by atoms with Crippen LogP contribution < -0.4 is 11.1 Å². The molecule has 0 saturated carbocycles. The third kappa shape index (κ3) is 2.19. The van der Waals surface area contributed by atoms with E-state index in [4.69, 9.17) is 5.73 Å². The summed E-state index contributed by atoms with van der Waals surface area (Å²) in [6.07, 6.45) is 12.4. The topological polar surface area (TPSA) is 38.0 Å². The predicted octanol–water partition coefficient (Wildman–Crippen LogP) is 1.75. The molecule has 0 saturated heterocycles. The summed E-state index contributed by atoms with van der Waals surface area (Å²) in [5.41, 5.74) is 8.51. The van der Waals surface area contributed by atoms with Crippen LogP contribution in [0, 0.1) is 5.92 Å². The van der Waals surface area contributed by atoms with Gasteiger partial charge in [-0.25, -0.2) is 0 Å². The molecule has 0 bridgehead atoms. The molecular formula is C12H16N2S. The summed E-state index contributed by atoms with van der Waals surface area (Å²) >= 11 is 4.34. The Hall–Kier alpha value is -0.930. The van der Waals surface area contributed by atoms with Crippen LogP contribution in [0.5, 0.6) is 0 Å². The van der Waals surface area contributed by atoms with Gasteiger partial charge in [0, 0.05) is 17.7 Å². The number of rotatable bonds is 2. The second-order valence-corrected chi connectivity index (χ2v) is 4.68. The summed E-state index contributed by atoms with van der Waals surface area (Å²) in [5.74, 6) is 0.259. The Bertz CT molecular complexity index is 364. The van der Waals surface area contributed by atoms with Crippen LogP contribution in [0.1, 0.15) is 6.92 Å². The van der Waals surface area contributed by atoms with Crippen molar-refractivity contribution in [3.05, 3.63) is 47.7 Å². The van der Waals surface area contributed by atoms with E-state index in [9.17, 15) is 0 Å². The number of nitrogens with two attached hydrogens (primary N) is 1. The molecule has 3 heteroatoms. The lowest BCUT2D eigenvalue weighted by molar-refractivity contribution is 0.569. The van der Waals surface area contributed by atoms with Gasteiger partial charge in [-0.15, -0.1) is 0 Å². The molecule has 2 nitrogen and oxygen atoms in total. The zero-order chi connectivity index (χ0) is 10.8. The summed E-state index contributed by atoms with van der Waals surface area (Å²) in [6, 6.07) is 0.0563. The molecule has 0 aliphatic heterocycles. The molecule has 2 aliphatic carbocycles. The quantitative estimate of drug-likeness (QED) is 0.490. The van der Waals surface area contributed by atoms with E-state index in [1.165, 1.54) is 5.57 Å². The molecule has 0 fully saturated rings. The van der Waals surface area contributed by atoms with Gasteiger partial charge in [-0.2, -0.15) is 12.6 Å². The Balaban J connectivity index is 2.25. The second kappa shape index (κ2) is 4.29. The largest absolute Gasteiger partial charge is 0.377 e. The lowest BCUT2D eigenvalue weighted by atomic mass is 9.82. The zero-order valence-electron chi connectivity index (χ0n) is 8.72. The molecule has 0 aromatic heterocycles. The van der Waals surface area contributed by atoms with Crippen molar-refractivity contribution >= 4 is 12.6 Å². The van der Waals surface area contributed by atoms with Gasteiger partial charge >= 0.3 is 0 Å². The SMILES string of the molecule is CC(S)NC1=CC=CC2=CC=CC(N)C21. The fourth-order valence-corrected chi connectivity index (χ4v) is 2.17. The zero-order valence-corrected chi connectivity index (χ0v) is 9.62. The molecule has 0 amide bonds. The van der Waals surface area contributed by atoms with Gasteiger partial charge in [0.2, 0.25) is 0 Å². The van der Waals surface area contributed by atoms with Gasteiger partial charge in [0.25, 0.3) is 0 Å². The van der Waals surface area contributed by atoms with Crippen LogP contribution in [0.15, 0.2) is 47.7 Å². The first-order valence-corrected chi connectivity index (χ1v) is 5.67. The van der Waals surface area contributed by atoms with Crippen LogP contribution in [-0.4, -0.2) is 11.4 Å². The van der Waals surface area contributed by atoms with Crippen molar-refractivity contribution in [2.45, 2.75) is 18.3 Å². The van der Waals surface area contributed by atoms with Crippen molar-refractivity contribution in [3.63, 3.8) is 0 Å². The Morgan fingerprint density at radius 1 is 1.40 bits per heavy atom. The van der Waals surface area contributed by atoms with Gasteiger partial charge in [0.1, 0.15) is 0 Å². The Kier molecular flexibility index (Phi) is 3.03. The average molecular weight is 220 g/mol.